The van der Waals surface area contributed by atoms with Gasteiger partial charge in [-0.2, -0.15) is 0 Å². The number of carbonyl (C=O) groups excluding carboxylic acids is 1. The molecule has 140 valence electrons. The molecule has 0 spiro atoms. The number of esters is 1. The second-order valence-corrected chi connectivity index (χ2v) is 7.74. The third-order valence-corrected chi connectivity index (χ3v) is 5.70. The highest BCUT2D eigenvalue weighted by Gasteiger charge is 2.37. The van der Waals surface area contributed by atoms with E-state index in [0.717, 1.165) is 32.2 Å². The number of nitrogens with one attached hydrogen (secondary N) is 1. The third kappa shape index (κ3) is 4.85. The van der Waals surface area contributed by atoms with Gasteiger partial charge in [-0.05, 0) is 64.1 Å². The molecule has 1 fully saturated rings. The molecule has 0 bridgehead atoms. The van der Waals surface area contributed by atoms with Crippen molar-refractivity contribution in [2.45, 2.75) is 57.9 Å². The number of carbonyl (C=O) groups is 1. The summed E-state index contributed by atoms with van der Waals surface area (Å²) in [5.74, 6) is -0.217. The summed E-state index contributed by atoms with van der Waals surface area (Å²) in [6.45, 7) is 3.88. The Bertz CT molecular complexity index is 643. The number of hydrogen-bond acceptors (Lipinski definition) is 3. The molecule has 1 aliphatic heterocycles. The normalized spacial score (nSPS) is 25.6. The molecule has 0 radical (unpaired) electrons. The maximum Gasteiger partial charge on any atom is 0.338 e. The summed E-state index contributed by atoms with van der Waals surface area (Å²) >= 11 is 0. The lowest BCUT2D eigenvalue weighted by Gasteiger charge is -2.43. The zero-order valence-corrected chi connectivity index (χ0v) is 15.9. The van der Waals surface area contributed by atoms with Crippen LogP contribution in [0.25, 0.3) is 0 Å². The van der Waals surface area contributed by atoms with Crippen LogP contribution in [0.5, 0.6) is 0 Å². The Kier molecular flexibility index (Phi) is 6.67. The van der Waals surface area contributed by atoms with Gasteiger partial charge >= 0.3 is 5.97 Å². The molecule has 1 aromatic rings. The summed E-state index contributed by atoms with van der Waals surface area (Å²) < 4.78 is 5.43. The van der Waals surface area contributed by atoms with Gasteiger partial charge in [0.2, 0.25) is 0 Å². The molecule has 2 aliphatic rings. The lowest BCUT2D eigenvalue weighted by atomic mass is 9.67. The minimum absolute atomic E-state index is 0.217. The first-order valence-corrected chi connectivity index (χ1v) is 10.0. The molecule has 0 saturated carbocycles. The van der Waals surface area contributed by atoms with Crippen molar-refractivity contribution in [1.29, 1.82) is 0 Å². The van der Waals surface area contributed by atoms with Crippen LogP contribution in [0.2, 0.25) is 0 Å². The van der Waals surface area contributed by atoms with Gasteiger partial charge in [0.25, 0.3) is 0 Å². The summed E-state index contributed by atoms with van der Waals surface area (Å²) in [6.07, 6.45) is 15.1. The topological polar surface area (TPSA) is 38.3 Å². The fourth-order valence-corrected chi connectivity index (χ4v) is 4.35. The van der Waals surface area contributed by atoms with Crippen LogP contribution in [0, 0.1) is 5.41 Å². The average Bonchev–Trinajstić information content (AvgIpc) is 2.69. The van der Waals surface area contributed by atoms with Crippen LogP contribution in [0.4, 0.5) is 0 Å². The van der Waals surface area contributed by atoms with E-state index in [9.17, 15) is 4.79 Å². The van der Waals surface area contributed by atoms with Crippen molar-refractivity contribution in [2.24, 2.45) is 5.41 Å². The highest BCUT2D eigenvalue weighted by Crippen LogP contribution is 2.42. The molecule has 1 saturated heterocycles. The second-order valence-electron chi connectivity index (χ2n) is 7.74. The van der Waals surface area contributed by atoms with Crippen molar-refractivity contribution in [3.63, 3.8) is 0 Å². The molecule has 0 aromatic heterocycles. The summed E-state index contributed by atoms with van der Waals surface area (Å²) in [5.41, 5.74) is 2.32. The lowest BCUT2D eigenvalue weighted by molar-refractivity contribution is 0.0493. The van der Waals surface area contributed by atoms with Gasteiger partial charge in [-0.3, -0.25) is 0 Å². The van der Waals surface area contributed by atoms with Gasteiger partial charge in [0.15, 0.2) is 0 Å². The van der Waals surface area contributed by atoms with Crippen molar-refractivity contribution >= 4 is 5.97 Å². The fraction of sp³-hybridized carbons (Fsp3) is 0.522. The van der Waals surface area contributed by atoms with E-state index >= 15 is 0 Å². The molecule has 3 nitrogen and oxygen atoms in total. The monoisotopic (exact) mass is 353 g/mol. The van der Waals surface area contributed by atoms with E-state index in [-0.39, 0.29) is 11.4 Å². The third-order valence-electron chi connectivity index (χ3n) is 5.70. The maximum absolute atomic E-state index is 12.0. The minimum Gasteiger partial charge on any atom is -0.462 e. The van der Waals surface area contributed by atoms with Gasteiger partial charge in [0, 0.05) is 11.5 Å². The van der Waals surface area contributed by atoms with E-state index in [2.05, 4.69) is 30.5 Å². The second kappa shape index (κ2) is 9.18. The summed E-state index contributed by atoms with van der Waals surface area (Å²) in [5, 5.41) is 3.77. The molecule has 2 atom stereocenters. The summed E-state index contributed by atoms with van der Waals surface area (Å²) in [7, 11) is 0. The molecule has 1 aliphatic carbocycles. The zero-order chi connectivity index (χ0) is 18.2. The van der Waals surface area contributed by atoms with Gasteiger partial charge in [-0.15, -0.1) is 0 Å². The van der Waals surface area contributed by atoms with Gasteiger partial charge in [0.05, 0.1) is 12.2 Å². The van der Waals surface area contributed by atoms with Crippen LogP contribution in [0.15, 0.2) is 54.1 Å². The fourth-order valence-electron chi connectivity index (χ4n) is 4.35. The smallest absolute Gasteiger partial charge is 0.338 e. The Morgan fingerprint density at radius 1 is 1.23 bits per heavy atom. The van der Waals surface area contributed by atoms with Crippen molar-refractivity contribution < 1.29 is 9.53 Å². The van der Waals surface area contributed by atoms with Crippen LogP contribution in [0.3, 0.4) is 0 Å². The van der Waals surface area contributed by atoms with Gasteiger partial charge in [0.1, 0.15) is 0 Å². The number of benzene rings is 1. The Hall–Kier alpha value is -1.87. The quantitative estimate of drug-likeness (QED) is 0.551. The van der Waals surface area contributed by atoms with E-state index in [1.54, 1.807) is 12.1 Å². The number of hydrogen-bond donors (Lipinski definition) is 1. The van der Waals surface area contributed by atoms with E-state index in [4.69, 9.17) is 4.74 Å². The van der Waals surface area contributed by atoms with Crippen LogP contribution < -0.4 is 5.32 Å². The Balaban J connectivity index is 1.48. The Labute approximate surface area is 157 Å². The van der Waals surface area contributed by atoms with E-state index in [0.29, 0.717) is 18.2 Å². The molecule has 3 rings (SSSR count). The maximum atomic E-state index is 12.0. The molecule has 26 heavy (non-hydrogen) atoms. The van der Waals surface area contributed by atoms with Crippen LogP contribution >= 0.6 is 0 Å². The molecule has 1 aromatic carbocycles. The van der Waals surface area contributed by atoms with Crippen molar-refractivity contribution in [2.75, 3.05) is 13.2 Å². The number of ether oxygens (including phenoxy) is 1. The number of allylic oxidation sites excluding steroid dienone is 3. The molecule has 1 heterocycles. The van der Waals surface area contributed by atoms with Crippen molar-refractivity contribution in [1.82, 2.24) is 5.32 Å². The van der Waals surface area contributed by atoms with Crippen molar-refractivity contribution in [3.05, 3.63) is 59.7 Å². The van der Waals surface area contributed by atoms with Crippen LogP contribution in [0.1, 0.15) is 62.2 Å². The Morgan fingerprint density at radius 3 is 2.81 bits per heavy atom. The molecule has 3 heteroatoms. The van der Waals surface area contributed by atoms with Crippen LogP contribution in [-0.2, 0) is 4.74 Å². The first kappa shape index (κ1) is 18.9. The molecule has 0 amide bonds. The van der Waals surface area contributed by atoms with Gasteiger partial charge in [-0.1, -0.05) is 48.4 Å². The van der Waals surface area contributed by atoms with E-state index in [1.807, 2.05) is 18.2 Å². The predicted molar refractivity (Wildman–Crippen MR) is 106 cm³/mol. The van der Waals surface area contributed by atoms with Crippen molar-refractivity contribution in [3.8, 4) is 0 Å². The van der Waals surface area contributed by atoms with E-state index in [1.165, 1.54) is 24.8 Å². The first-order valence-electron chi connectivity index (χ1n) is 10.0. The molecular weight excluding hydrogens is 322 g/mol. The highest BCUT2D eigenvalue weighted by atomic mass is 16.5. The van der Waals surface area contributed by atoms with Gasteiger partial charge < -0.3 is 10.1 Å². The summed E-state index contributed by atoms with van der Waals surface area (Å²) in [4.78, 5) is 12.0. The Morgan fingerprint density at radius 2 is 2.08 bits per heavy atom. The zero-order valence-electron chi connectivity index (χ0n) is 15.9. The molecule has 1 N–H and O–H groups in total. The van der Waals surface area contributed by atoms with Crippen LogP contribution in [-0.4, -0.2) is 25.2 Å². The van der Waals surface area contributed by atoms with Gasteiger partial charge in [-0.25, -0.2) is 4.79 Å². The summed E-state index contributed by atoms with van der Waals surface area (Å²) in [6, 6.07) is 9.81. The molecular formula is C23H31NO2. The SMILES string of the molecule is CC1=CC=C[C@](CCCCOC(=O)c2ccccc2)(C2CCCCN2)C1. The molecule has 1 unspecified atom stereocenters. The lowest BCUT2D eigenvalue weighted by Crippen LogP contribution is -2.47. The standard InChI is InChI=1S/C23H31NO2/c1-19-10-9-15-23(18-19,21-13-5-7-16-24-21)14-6-8-17-26-22(25)20-11-3-2-4-12-20/h2-4,9-12,15,21,24H,5-8,13-14,16-18H2,1H3/t21?,23-/m0/s1. The first-order chi connectivity index (χ1) is 12.7. The van der Waals surface area contributed by atoms with E-state index < -0.39 is 0 Å². The number of unbranched alkanes of at least 4 members (excludes halogenated alkanes) is 1. The minimum atomic E-state index is -0.217. The number of piperidine rings is 1. The number of rotatable bonds is 7. The highest BCUT2D eigenvalue weighted by molar-refractivity contribution is 5.89. The largest absolute Gasteiger partial charge is 0.462 e. The predicted octanol–water partition coefficient (Wildman–Crippen LogP) is 5.05. The average molecular weight is 354 g/mol.